The van der Waals surface area contributed by atoms with Crippen LogP contribution in [0.4, 0.5) is 0 Å². The van der Waals surface area contributed by atoms with Gasteiger partial charge in [0.1, 0.15) is 0 Å². The number of aryl methyl sites for hydroxylation is 1. The maximum Gasteiger partial charge on any atom is 0.262 e. The van der Waals surface area contributed by atoms with Crippen LogP contribution in [0.1, 0.15) is 19.3 Å². The van der Waals surface area contributed by atoms with Gasteiger partial charge >= 0.3 is 0 Å². The van der Waals surface area contributed by atoms with Crippen molar-refractivity contribution in [3.05, 3.63) is 12.5 Å². The van der Waals surface area contributed by atoms with Crippen LogP contribution in [-0.4, -0.2) is 40.7 Å². The van der Waals surface area contributed by atoms with E-state index in [1.165, 1.54) is 16.8 Å². The number of hydrogen-bond acceptors (Lipinski definition) is 3. The lowest BCUT2D eigenvalue weighted by Gasteiger charge is -2.32. The molecular formula is C10H16ClN3O2S. The molecule has 96 valence electrons. The van der Waals surface area contributed by atoms with Gasteiger partial charge in [0.2, 0.25) is 0 Å². The zero-order chi connectivity index (χ0) is 12.5. The van der Waals surface area contributed by atoms with E-state index in [1.54, 1.807) is 11.6 Å². The second-order valence-electron chi connectivity index (χ2n) is 4.30. The lowest BCUT2D eigenvalue weighted by Crippen LogP contribution is -2.44. The molecule has 2 rings (SSSR count). The van der Waals surface area contributed by atoms with E-state index in [9.17, 15) is 8.42 Å². The zero-order valence-electron chi connectivity index (χ0n) is 9.71. The Hall–Kier alpha value is -0.590. The van der Waals surface area contributed by atoms with Crippen molar-refractivity contribution >= 4 is 21.6 Å². The summed E-state index contributed by atoms with van der Waals surface area (Å²) in [5, 5.41) is 0.108. The second-order valence-corrected chi connectivity index (χ2v) is 6.44. The van der Waals surface area contributed by atoms with E-state index in [0.717, 1.165) is 19.3 Å². The van der Waals surface area contributed by atoms with Gasteiger partial charge in [0.05, 0.1) is 6.33 Å². The first-order chi connectivity index (χ1) is 8.05. The minimum atomic E-state index is -3.49. The Morgan fingerprint density at radius 1 is 1.53 bits per heavy atom. The molecule has 5 nitrogen and oxygen atoms in total. The van der Waals surface area contributed by atoms with Gasteiger partial charge < -0.3 is 4.57 Å². The summed E-state index contributed by atoms with van der Waals surface area (Å²) in [6.45, 7) is 0.538. The molecule has 1 atom stereocenters. The summed E-state index contributed by atoms with van der Waals surface area (Å²) >= 11 is 5.84. The maximum atomic E-state index is 12.4. The molecule has 1 aromatic rings. The largest absolute Gasteiger partial charge is 0.339 e. The normalized spacial score (nSPS) is 22.8. The highest BCUT2D eigenvalue weighted by Crippen LogP contribution is 2.24. The molecule has 0 radical (unpaired) electrons. The maximum absolute atomic E-state index is 12.4. The molecule has 0 aromatic carbocycles. The summed E-state index contributed by atoms with van der Waals surface area (Å²) in [7, 11) is -1.73. The van der Waals surface area contributed by atoms with Crippen LogP contribution in [-0.2, 0) is 17.1 Å². The molecule has 17 heavy (non-hydrogen) atoms. The van der Waals surface area contributed by atoms with Gasteiger partial charge in [-0.15, -0.1) is 11.6 Å². The summed E-state index contributed by atoms with van der Waals surface area (Å²) in [4.78, 5) is 3.92. The van der Waals surface area contributed by atoms with E-state index in [-0.39, 0.29) is 11.1 Å². The number of rotatable bonds is 3. The SMILES string of the molecule is Cn1cnc(S(=O)(=O)N2CCCCC2CCl)c1. The highest BCUT2D eigenvalue weighted by molar-refractivity contribution is 7.89. The van der Waals surface area contributed by atoms with E-state index in [0.29, 0.717) is 12.4 Å². The molecule has 0 amide bonds. The number of nitrogens with zero attached hydrogens (tertiary/aromatic N) is 3. The third-order valence-electron chi connectivity index (χ3n) is 3.01. The Labute approximate surface area is 106 Å². The average Bonchev–Trinajstić information content (AvgIpc) is 2.76. The predicted molar refractivity (Wildman–Crippen MR) is 65.5 cm³/mol. The highest BCUT2D eigenvalue weighted by Gasteiger charge is 2.34. The van der Waals surface area contributed by atoms with Crippen LogP contribution in [0.25, 0.3) is 0 Å². The van der Waals surface area contributed by atoms with E-state index in [2.05, 4.69) is 4.98 Å². The Morgan fingerprint density at radius 2 is 2.29 bits per heavy atom. The summed E-state index contributed by atoms with van der Waals surface area (Å²) in [5.74, 6) is 0.339. The van der Waals surface area contributed by atoms with Crippen molar-refractivity contribution in [2.75, 3.05) is 12.4 Å². The standard InChI is InChI=1S/C10H16ClN3O2S/c1-13-7-10(12-8-13)17(15,16)14-5-3-2-4-9(14)6-11/h7-9H,2-6H2,1H3. The summed E-state index contributed by atoms with van der Waals surface area (Å²) in [6.07, 6.45) is 5.77. The van der Waals surface area contributed by atoms with Crippen LogP contribution in [0.5, 0.6) is 0 Å². The molecule has 0 aliphatic carbocycles. The topological polar surface area (TPSA) is 55.2 Å². The lowest BCUT2D eigenvalue weighted by molar-refractivity contribution is 0.270. The number of piperidine rings is 1. The van der Waals surface area contributed by atoms with Crippen LogP contribution in [0.3, 0.4) is 0 Å². The third kappa shape index (κ3) is 2.48. The van der Waals surface area contributed by atoms with Crippen LogP contribution in [0, 0.1) is 0 Å². The van der Waals surface area contributed by atoms with Crippen LogP contribution >= 0.6 is 11.6 Å². The third-order valence-corrected chi connectivity index (χ3v) is 5.20. The number of halogens is 1. The quantitative estimate of drug-likeness (QED) is 0.780. The number of aromatic nitrogens is 2. The summed E-state index contributed by atoms with van der Waals surface area (Å²) in [6, 6.07) is -0.0996. The molecule has 2 heterocycles. The van der Waals surface area contributed by atoms with Gasteiger partial charge in [-0.25, -0.2) is 13.4 Å². The smallest absolute Gasteiger partial charge is 0.262 e. The molecule has 1 saturated heterocycles. The van der Waals surface area contributed by atoms with Crippen molar-refractivity contribution in [1.82, 2.24) is 13.9 Å². The molecule has 0 bridgehead atoms. The first-order valence-corrected chi connectivity index (χ1v) is 7.59. The van der Waals surface area contributed by atoms with Crippen molar-refractivity contribution < 1.29 is 8.42 Å². The predicted octanol–water partition coefficient (Wildman–Crippen LogP) is 1.20. The van der Waals surface area contributed by atoms with E-state index in [1.807, 2.05) is 0 Å². The van der Waals surface area contributed by atoms with E-state index >= 15 is 0 Å². The van der Waals surface area contributed by atoms with Crippen LogP contribution < -0.4 is 0 Å². The molecule has 1 aliphatic heterocycles. The first kappa shape index (κ1) is 12.9. The van der Waals surface area contributed by atoms with E-state index in [4.69, 9.17) is 11.6 Å². The summed E-state index contributed by atoms with van der Waals surface area (Å²) < 4.78 is 27.8. The van der Waals surface area contributed by atoms with Gasteiger partial charge in [0.15, 0.2) is 5.03 Å². The fraction of sp³-hybridized carbons (Fsp3) is 0.700. The van der Waals surface area contributed by atoms with Gasteiger partial charge in [-0.2, -0.15) is 4.31 Å². The number of alkyl halides is 1. The fourth-order valence-corrected chi connectivity index (χ4v) is 4.15. The Bertz CT molecular complexity index is 485. The molecule has 1 fully saturated rings. The van der Waals surface area contributed by atoms with Gasteiger partial charge in [-0.3, -0.25) is 0 Å². The Morgan fingerprint density at radius 3 is 2.88 bits per heavy atom. The minimum absolute atomic E-state index is 0.0996. The van der Waals surface area contributed by atoms with Crippen LogP contribution in [0.15, 0.2) is 17.6 Å². The van der Waals surface area contributed by atoms with Crippen LogP contribution in [0.2, 0.25) is 0 Å². The zero-order valence-corrected chi connectivity index (χ0v) is 11.3. The molecule has 7 heteroatoms. The van der Waals surface area contributed by atoms with Gasteiger partial charge in [-0.1, -0.05) is 6.42 Å². The molecule has 1 aromatic heterocycles. The Kier molecular flexibility index (Phi) is 3.75. The molecule has 0 N–H and O–H groups in total. The Balaban J connectivity index is 2.30. The number of sulfonamides is 1. The number of imidazole rings is 1. The van der Waals surface area contributed by atoms with Crippen molar-refractivity contribution in [2.24, 2.45) is 7.05 Å². The molecule has 1 aliphatic rings. The number of hydrogen-bond donors (Lipinski definition) is 0. The first-order valence-electron chi connectivity index (χ1n) is 5.61. The molecular weight excluding hydrogens is 262 g/mol. The van der Waals surface area contributed by atoms with Gasteiger partial charge in [-0.05, 0) is 12.8 Å². The average molecular weight is 278 g/mol. The van der Waals surface area contributed by atoms with E-state index < -0.39 is 10.0 Å². The molecule has 0 spiro atoms. The monoisotopic (exact) mass is 277 g/mol. The second kappa shape index (κ2) is 4.96. The summed E-state index contributed by atoms with van der Waals surface area (Å²) in [5.41, 5.74) is 0. The van der Waals surface area contributed by atoms with Crippen molar-refractivity contribution in [3.8, 4) is 0 Å². The molecule has 0 saturated carbocycles. The minimum Gasteiger partial charge on any atom is -0.339 e. The van der Waals surface area contributed by atoms with Gasteiger partial charge in [0, 0.05) is 31.7 Å². The fourth-order valence-electron chi connectivity index (χ4n) is 2.09. The van der Waals surface area contributed by atoms with Crippen molar-refractivity contribution in [2.45, 2.75) is 30.3 Å². The molecule has 1 unspecified atom stereocenters. The van der Waals surface area contributed by atoms with Crippen molar-refractivity contribution in [3.63, 3.8) is 0 Å². The highest BCUT2D eigenvalue weighted by atomic mass is 35.5. The lowest BCUT2D eigenvalue weighted by atomic mass is 10.1. The van der Waals surface area contributed by atoms with Crippen molar-refractivity contribution in [1.29, 1.82) is 0 Å². The van der Waals surface area contributed by atoms with Gasteiger partial charge in [0.25, 0.3) is 10.0 Å².